The molecule has 0 N–H and O–H groups in total. The number of pyridine rings is 1. The van der Waals surface area contributed by atoms with Gasteiger partial charge >= 0.3 is 0 Å². The van der Waals surface area contributed by atoms with Crippen molar-refractivity contribution in [1.29, 1.82) is 0 Å². The lowest BCUT2D eigenvalue weighted by Crippen LogP contribution is -2.39. The van der Waals surface area contributed by atoms with Crippen molar-refractivity contribution in [2.75, 3.05) is 20.1 Å². The average Bonchev–Trinajstić information content (AvgIpc) is 2.62. The number of likely N-dealkylation sites (N-methyl/N-ethyl adjacent to an activating group) is 1. The molecule has 3 rings (SSSR count). The van der Waals surface area contributed by atoms with Gasteiger partial charge in [0.2, 0.25) is 0 Å². The molecule has 2 fully saturated rings. The quantitative estimate of drug-likeness (QED) is 0.770. The zero-order chi connectivity index (χ0) is 13.4. The zero-order valence-electron chi connectivity index (χ0n) is 11.7. The number of nitrogens with zero attached hydrogens (tertiary/aromatic N) is 3. The zero-order valence-corrected chi connectivity index (χ0v) is 11.7. The molecule has 0 spiro atoms. The maximum Gasteiger partial charge on any atom is 0.255 e. The van der Waals surface area contributed by atoms with E-state index < -0.39 is 0 Å². The van der Waals surface area contributed by atoms with E-state index in [9.17, 15) is 4.79 Å². The summed E-state index contributed by atoms with van der Waals surface area (Å²) < 4.78 is 0. The Balaban J connectivity index is 1.77. The number of hydrogen-bond acceptors (Lipinski definition) is 3. The van der Waals surface area contributed by atoms with Crippen molar-refractivity contribution in [2.45, 2.75) is 38.3 Å². The molecule has 19 heavy (non-hydrogen) atoms. The monoisotopic (exact) mass is 259 g/mol. The number of hydrogen-bond donors (Lipinski definition) is 0. The van der Waals surface area contributed by atoms with E-state index >= 15 is 0 Å². The van der Waals surface area contributed by atoms with Crippen LogP contribution in [-0.4, -0.2) is 52.9 Å². The second-order valence-electron chi connectivity index (χ2n) is 5.84. The van der Waals surface area contributed by atoms with E-state index in [4.69, 9.17) is 0 Å². The molecule has 102 valence electrons. The number of aryl methyl sites for hydroxylation is 1. The van der Waals surface area contributed by atoms with Crippen LogP contribution in [0.15, 0.2) is 18.5 Å². The number of carbonyl (C=O) groups is 1. The number of rotatable bonds is 1. The first-order chi connectivity index (χ1) is 9.15. The number of fused-ring (bicyclic) bond motifs is 2. The summed E-state index contributed by atoms with van der Waals surface area (Å²) in [5.41, 5.74) is 1.76. The van der Waals surface area contributed by atoms with E-state index in [-0.39, 0.29) is 5.91 Å². The van der Waals surface area contributed by atoms with E-state index in [0.29, 0.717) is 12.1 Å². The van der Waals surface area contributed by atoms with Gasteiger partial charge in [-0.1, -0.05) is 0 Å². The van der Waals surface area contributed by atoms with E-state index in [2.05, 4.69) is 16.9 Å². The van der Waals surface area contributed by atoms with Crippen LogP contribution in [-0.2, 0) is 0 Å². The first-order valence-electron chi connectivity index (χ1n) is 7.08. The maximum absolute atomic E-state index is 12.6. The minimum Gasteiger partial charge on any atom is -0.337 e. The van der Waals surface area contributed by atoms with Crippen LogP contribution in [0.5, 0.6) is 0 Å². The summed E-state index contributed by atoms with van der Waals surface area (Å²) in [6.45, 7) is 3.71. The molecule has 4 nitrogen and oxygen atoms in total. The molecular weight excluding hydrogens is 238 g/mol. The largest absolute Gasteiger partial charge is 0.337 e. The lowest BCUT2D eigenvalue weighted by Gasteiger charge is -2.25. The van der Waals surface area contributed by atoms with Crippen molar-refractivity contribution >= 4 is 5.91 Å². The van der Waals surface area contributed by atoms with Crippen LogP contribution in [0.25, 0.3) is 0 Å². The fourth-order valence-corrected chi connectivity index (χ4v) is 3.35. The molecule has 1 aromatic rings. The molecule has 4 heteroatoms. The fraction of sp³-hybridized carbons (Fsp3) is 0.600. The van der Waals surface area contributed by atoms with Crippen LogP contribution < -0.4 is 0 Å². The number of carbonyl (C=O) groups excluding carboxylic acids is 1. The highest BCUT2D eigenvalue weighted by molar-refractivity contribution is 5.94. The molecule has 2 saturated heterocycles. The van der Waals surface area contributed by atoms with Crippen molar-refractivity contribution in [3.8, 4) is 0 Å². The molecule has 0 radical (unpaired) electrons. The Hall–Kier alpha value is -1.42. The molecule has 0 aromatic carbocycles. The highest BCUT2D eigenvalue weighted by Crippen LogP contribution is 2.28. The Bertz CT molecular complexity index is 488. The van der Waals surface area contributed by atoms with Crippen LogP contribution in [0.2, 0.25) is 0 Å². The lowest BCUT2D eigenvalue weighted by molar-refractivity contribution is 0.0739. The van der Waals surface area contributed by atoms with Gasteiger partial charge in [-0.2, -0.15) is 0 Å². The van der Waals surface area contributed by atoms with Crippen molar-refractivity contribution < 1.29 is 4.79 Å². The van der Waals surface area contributed by atoms with Gasteiger partial charge in [0, 0.05) is 37.6 Å². The molecule has 2 aliphatic rings. The SMILES string of the molecule is Cc1cncc(C(=O)N2CCC3CCC(C2)N3C)c1. The summed E-state index contributed by atoms with van der Waals surface area (Å²) in [6, 6.07) is 3.13. The molecule has 0 saturated carbocycles. The summed E-state index contributed by atoms with van der Waals surface area (Å²) in [6.07, 6.45) is 7.07. The van der Waals surface area contributed by atoms with Gasteiger partial charge in [0.1, 0.15) is 0 Å². The Morgan fingerprint density at radius 2 is 2.05 bits per heavy atom. The third-order valence-electron chi connectivity index (χ3n) is 4.56. The summed E-state index contributed by atoms with van der Waals surface area (Å²) in [4.78, 5) is 21.2. The van der Waals surface area contributed by atoms with Gasteiger partial charge in [0.05, 0.1) is 5.56 Å². The molecule has 2 aliphatic heterocycles. The van der Waals surface area contributed by atoms with Crippen LogP contribution in [0.1, 0.15) is 35.2 Å². The van der Waals surface area contributed by atoms with Crippen LogP contribution in [0.3, 0.4) is 0 Å². The highest BCUT2D eigenvalue weighted by Gasteiger charge is 2.36. The predicted octanol–water partition coefficient (Wildman–Crippen LogP) is 1.70. The molecule has 2 bridgehead atoms. The first kappa shape index (κ1) is 12.6. The van der Waals surface area contributed by atoms with Crippen LogP contribution in [0, 0.1) is 6.92 Å². The minimum absolute atomic E-state index is 0.136. The first-order valence-corrected chi connectivity index (χ1v) is 7.08. The average molecular weight is 259 g/mol. The van der Waals surface area contributed by atoms with Crippen LogP contribution >= 0.6 is 0 Å². The van der Waals surface area contributed by atoms with Crippen molar-refractivity contribution in [2.24, 2.45) is 0 Å². The summed E-state index contributed by atoms with van der Waals surface area (Å²) >= 11 is 0. The molecule has 3 heterocycles. The molecule has 1 aromatic heterocycles. The third kappa shape index (κ3) is 2.37. The van der Waals surface area contributed by atoms with Gasteiger partial charge in [-0.05, 0) is 44.9 Å². The van der Waals surface area contributed by atoms with E-state index in [1.807, 2.05) is 17.9 Å². The normalized spacial score (nSPS) is 27.4. The summed E-state index contributed by atoms with van der Waals surface area (Å²) in [7, 11) is 2.20. The predicted molar refractivity (Wildman–Crippen MR) is 74.1 cm³/mol. The standard InChI is InChI=1S/C15H21N3O/c1-11-7-12(9-16-8-11)15(19)18-6-5-13-3-4-14(10-18)17(13)2/h7-9,13-14H,3-6,10H2,1-2H3. The second-order valence-corrected chi connectivity index (χ2v) is 5.84. The van der Waals surface area contributed by atoms with Gasteiger partial charge in [-0.15, -0.1) is 0 Å². The molecule has 1 amide bonds. The summed E-state index contributed by atoms with van der Waals surface area (Å²) in [5, 5.41) is 0. The number of amides is 1. The van der Waals surface area contributed by atoms with E-state index in [1.54, 1.807) is 12.4 Å². The van der Waals surface area contributed by atoms with Crippen LogP contribution in [0.4, 0.5) is 0 Å². The molecular formula is C15H21N3O. The van der Waals surface area contributed by atoms with Gasteiger partial charge in [-0.3, -0.25) is 14.7 Å². The Morgan fingerprint density at radius 3 is 2.84 bits per heavy atom. The Kier molecular flexibility index (Phi) is 3.27. The smallest absolute Gasteiger partial charge is 0.255 e. The molecule has 2 atom stereocenters. The fourth-order valence-electron chi connectivity index (χ4n) is 3.35. The van der Waals surface area contributed by atoms with Crippen molar-refractivity contribution in [3.63, 3.8) is 0 Å². The highest BCUT2D eigenvalue weighted by atomic mass is 16.2. The second kappa shape index (κ2) is 4.93. The van der Waals surface area contributed by atoms with Gasteiger partial charge in [0.15, 0.2) is 0 Å². The summed E-state index contributed by atoms with van der Waals surface area (Å²) in [5.74, 6) is 0.136. The van der Waals surface area contributed by atoms with Gasteiger partial charge in [-0.25, -0.2) is 0 Å². The maximum atomic E-state index is 12.6. The van der Waals surface area contributed by atoms with E-state index in [0.717, 1.165) is 30.6 Å². The Labute approximate surface area is 114 Å². The minimum atomic E-state index is 0.136. The van der Waals surface area contributed by atoms with Crippen molar-refractivity contribution in [1.82, 2.24) is 14.8 Å². The molecule has 2 unspecified atom stereocenters. The third-order valence-corrected chi connectivity index (χ3v) is 4.56. The van der Waals surface area contributed by atoms with Gasteiger partial charge in [0.25, 0.3) is 5.91 Å². The van der Waals surface area contributed by atoms with Gasteiger partial charge < -0.3 is 4.90 Å². The topological polar surface area (TPSA) is 36.4 Å². The number of likely N-dealkylation sites (tertiary alicyclic amines) is 1. The number of aromatic nitrogens is 1. The lowest BCUT2D eigenvalue weighted by atomic mass is 10.1. The molecule has 0 aliphatic carbocycles. The van der Waals surface area contributed by atoms with Crippen molar-refractivity contribution in [3.05, 3.63) is 29.6 Å². The Morgan fingerprint density at radius 1 is 1.26 bits per heavy atom. The van der Waals surface area contributed by atoms with E-state index in [1.165, 1.54) is 12.8 Å².